The van der Waals surface area contributed by atoms with E-state index in [0.29, 0.717) is 0 Å². The van der Waals surface area contributed by atoms with Gasteiger partial charge in [0.1, 0.15) is 5.82 Å². The molecule has 0 spiro atoms. The van der Waals surface area contributed by atoms with Gasteiger partial charge < -0.3 is 14.9 Å². The van der Waals surface area contributed by atoms with Gasteiger partial charge in [-0.2, -0.15) is 0 Å². The van der Waals surface area contributed by atoms with E-state index >= 15 is 0 Å². The summed E-state index contributed by atoms with van der Waals surface area (Å²) in [6, 6.07) is 8.13. The number of aromatic nitrogens is 3. The Bertz CT molecular complexity index is 678. The third-order valence-electron chi connectivity index (χ3n) is 3.30. The van der Waals surface area contributed by atoms with Crippen molar-refractivity contribution in [3.05, 3.63) is 48.7 Å². The smallest absolute Gasteiger partial charge is 0.105 e. The topological polar surface area (TPSA) is 48.8 Å². The van der Waals surface area contributed by atoms with Crippen molar-refractivity contribution in [1.82, 2.24) is 14.1 Å². The molecule has 0 fully saturated rings. The third-order valence-corrected chi connectivity index (χ3v) is 3.30. The van der Waals surface area contributed by atoms with Gasteiger partial charge in [-0.3, -0.25) is 0 Å². The maximum Gasteiger partial charge on any atom is 0.105 e. The molecule has 0 aliphatic carbocycles. The van der Waals surface area contributed by atoms with Gasteiger partial charge in [0, 0.05) is 48.3 Å². The molecule has 0 aliphatic heterocycles. The van der Waals surface area contributed by atoms with Crippen LogP contribution < -0.4 is 5.73 Å². The Morgan fingerprint density at radius 2 is 1.94 bits per heavy atom. The van der Waals surface area contributed by atoms with Crippen LogP contribution in [0, 0.1) is 6.92 Å². The molecule has 0 bridgehead atoms. The average Bonchev–Trinajstić information content (AvgIpc) is 2.93. The number of benzene rings is 1. The molecular weight excluding hydrogens is 224 g/mol. The van der Waals surface area contributed by atoms with E-state index in [9.17, 15) is 0 Å². The van der Waals surface area contributed by atoms with Crippen molar-refractivity contribution in [2.75, 3.05) is 5.73 Å². The molecule has 3 rings (SSSR count). The van der Waals surface area contributed by atoms with E-state index in [0.717, 1.165) is 24.6 Å². The highest BCUT2D eigenvalue weighted by molar-refractivity contribution is 5.83. The van der Waals surface area contributed by atoms with Gasteiger partial charge >= 0.3 is 0 Å². The summed E-state index contributed by atoms with van der Waals surface area (Å²) >= 11 is 0. The number of nitrogens with zero attached hydrogens (tertiary/aromatic N) is 3. The van der Waals surface area contributed by atoms with E-state index < -0.39 is 0 Å². The summed E-state index contributed by atoms with van der Waals surface area (Å²) in [5.74, 6) is 1.05. The molecule has 0 saturated heterocycles. The van der Waals surface area contributed by atoms with E-state index in [1.807, 2.05) is 31.5 Å². The summed E-state index contributed by atoms with van der Waals surface area (Å²) in [6.07, 6.45) is 5.96. The van der Waals surface area contributed by atoms with Crippen LogP contribution in [-0.2, 0) is 13.1 Å². The van der Waals surface area contributed by atoms with E-state index in [1.54, 1.807) is 0 Å². The number of anilines is 1. The molecule has 92 valence electrons. The Labute approximate surface area is 106 Å². The maximum atomic E-state index is 5.78. The molecule has 0 amide bonds. The fourth-order valence-electron chi connectivity index (χ4n) is 2.27. The quantitative estimate of drug-likeness (QED) is 0.715. The van der Waals surface area contributed by atoms with E-state index in [1.165, 1.54) is 10.9 Å². The number of imidazole rings is 1. The Morgan fingerprint density at radius 3 is 2.72 bits per heavy atom. The lowest BCUT2D eigenvalue weighted by molar-refractivity contribution is 0.580. The van der Waals surface area contributed by atoms with Gasteiger partial charge in [0.2, 0.25) is 0 Å². The summed E-state index contributed by atoms with van der Waals surface area (Å²) in [6.45, 7) is 3.89. The van der Waals surface area contributed by atoms with Crippen LogP contribution in [0.2, 0.25) is 0 Å². The van der Waals surface area contributed by atoms with Crippen LogP contribution >= 0.6 is 0 Å². The van der Waals surface area contributed by atoms with Crippen molar-refractivity contribution in [2.45, 2.75) is 20.0 Å². The molecule has 2 N–H and O–H groups in total. The number of nitrogens with two attached hydrogens (primary N) is 1. The number of nitrogen functional groups attached to an aromatic ring is 1. The molecule has 4 nitrogen and oxygen atoms in total. The Balaban J connectivity index is 1.85. The molecule has 18 heavy (non-hydrogen) atoms. The number of hydrogen-bond acceptors (Lipinski definition) is 2. The lowest BCUT2D eigenvalue weighted by Gasteiger charge is -2.08. The van der Waals surface area contributed by atoms with Gasteiger partial charge in [-0.1, -0.05) is 0 Å². The standard InChI is InChI=1S/C14H16N4/c1-11-16-5-7-17(11)8-9-18-6-4-12-10-13(15)2-3-14(12)18/h2-7,10H,8-9,15H2,1H3. The first kappa shape index (κ1) is 10.9. The number of aryl methyl sites for hydroxylation is 3. The van der Waals surface area contributed by atoms with Crippen LogP contribution in [0.1, 0.15) is 5.82 Å². The van der Waals surface area contributed by atoms with E-state index in [2.05, 4.69) is 32.4 Å². The molecule has 4 heteroatoms. The molecule has 0 radical (unpaired) electrons. The average molecular weight is 240 g/mol. The van der Waals surface area contributed by atoms with Crippen molar-refractivity contribution < 1.29 is 0 Å². The van der Waals surface area contributed by atoms with Crippen LogP contribution in [0.25, 0.3) is 10.9 Å². The predicted molar refractivity (Wildman–Crippen MR) is 73.3 cm³/mol. The van der Waals surface area contributed by atoms with Crippen LogP contribution in [0.4, 0.5) is 5.69 Å². The molecular formula is C14H16N4. The van der Waals surface area contributed by atoms with Crippen LogP contribution in [-0.4, -0.2) is 14.1 Å². The maximum absolute atomic E-state index is 5.78. The summed E-state index contributed by atoms with van der Waals surface area (Å²) in [5.41, 5.74) is 7.82. The molecule has 0 atom stereocenters. The Morgan fingerprint density at radius 1 is 1.11 bits per heavy atom. The molecule has 0 saturated carbocycles. The summed E-state index contributed by atoms with van der Waals surface area (Å²) in [5, 5.41) is 1.19. The fraction of sp³-hybridized carbons (Fsp3) is 0.214. The first-order valence-electron chi connectivity index (χ1n) is 6.06. The monoisotopic (exact) mass is 240 g/mol. The Kier molecular flexibility index (Phi) is 2.55. The highest BCUT2D eigenvalue weighted by Crippen LogP contribution is 2.18. The Hall–Kier alpha value is -2.23. The van der Waals surface area contributed by atoms with Crippen LogP contribution in [0.5, 0.6) is 0 Å². The van der Waals surface area contributed by atoms with Crippen molar-refractivity contribution in [3.63, 3.8) is 0 Å². The normalized spacial score (nSPS) is 11.2. The lowest BCUT2D eigenvalue weighted by Crippen LogP contribution is -2.07. The zero-order chi connectivity index (χ0) is 12.5. The largest absolute Gasteiger partial charge is 0.399 e. The van der Waals surface area contributed by atoms with Gasteiger partial charge in [-0.15, -0.1) is 0 Å². The van der Waals surface area contributed by atoms with Crippen molar-refractivity contribution in [1.29, 1.82) is 0 Å². The highest BCUT2D eigenvalue weighted by atomic mass is 15.1. The third kappa shape index (κ3) is 1.86. The zero-order valence-corrected chi connectivity index (χ0v) is 10.4. The lowest BCUT2D eigenvalue weighted by atomic mass is 10.2. The summed E-state index contributed by atoms with van der Waals surface area (Å²) in [4.78, 5) is 4.23. The molecule has 3 aromatic rings. The molecule has 1 aromatic carbocycles. The van der Waals surface area contributed by atoms with Gasteiger partial charge in [-0.25, -0.2) is 4.98 Å². The number of rotatable bonds is 3. The fourth-order valence-corrected chi connectivity index (χ4v) is 2.27. The second-order valence-corrected chi connectivity index (χ2v) is 4.50. The minimum Gasteiger partial charge on any atom is -0.399 e. The first-order chi connectivity index (χ1) is 8.74. The second kappa shape index (κ2) is 4.22. The molecule has 2 aromatic heterocycles. The van der Waals surface area contributed by atoms with Gasteiger partial charge in [0.25, 0.3) is 0 Å². The molecule has 2 heterocycles. The van der Waals surface area contributed by atoms with E-state index in [-0.39, 0.29) is 0 Å². The van der Waals surface area contributed by atoms with Crippen molar-refractivity contribution in [2.24, 2.45) is 0 Å². The molecule has 0 aliphatic rings. The number of hydrogen-bond donors (Lipinski definition) is 1. The van der Waals surface area contributed by atoms with Gasteiger partial charge in [0.05, 0.1) is 0 Å². The SMILES string of the molecule is Cc1nccn1CCn1ccc2cc(N)ccc21. The molecule has 0 unspecified atom stereocenters. The second-order valence-electron chi connectivity index (χ2n) is 4.50. The van der Waals surface area contributed by atoms with Gasteiger partial charge in [-0.05, 0) is 31.2 Å². The van der Waals surface area contributed by atoms with Crippen molar-refractivity contribution >= 4 is 16.6 Å². The van der Waals surface area contributed by atoms with E-state index in [4.69, 9.17) is 5.73 Å². The van der Waals surface area contributed by atoms with Crippen molar-refractivity contribution in [3.8, 4) is 0 Å². The number of fused-ring (bicyclic) bond motifs is 1. The minimum atomic E-state index is 0.811. The first-order valence-corrected chi connectivity index (χ1v) is 6.06. The predicted octanol–water partition coefficient (Wildman–Crippen LogP) is 2.43. The summed E-state index contributed by atoms with van der Waals surface area (Å²) in [7, 11) is 0. The van der Waals surface area contributed by atoms with Crippen LogP contribution in [0.3, 0.4) is 0 Å². The zero-order valence-electron chi connectivity index (χ0n) is 10.4. The van der Waals surface area contributed by atoms with Gasteiger partial charge in [0.15, 0.2) is 0 Å². The minimum absolute atomic E-state index is 0.811. The summed E-state index contributed by atoms with van der Waals surface area (Å²) < 4.78 is 4.40. The highest BCUT2D eigenvalue weighted by Gasteiger charge is 2.02. The van der Waals surface area contributed by atoms with Crippen LogP contribution in [0.15, 0.2) is 42.9 Å².